The highest BCUT2D eigenvalue weighted by Gasteiger charge is 2.23. The molecule has 0 saturated heterocycles. The molecular formula is C10H22N2O. The van der Waals surface area contributed by atoms with E-state index in [2.05, 4.69) is 5.32 Å². The zero-order valence-corrected chi connectivity index (χ0v) is 9.35. The third-order valence-electron chi connectivity index (χ3n) is 2.37. The van der Waals surface area contributed by atoms with Crippen LogP contribution < -0.4 is 11.1 Å². The maximum atomic E-state index is 11.5. The predicted molar refractivity (Wildman–Crippen MR) is 55.3 cm³/mol. The van der Waals surface area contributed by atoms with E-state index in [1.165, 1.54) is 0 Å². The topological polar surface area (TPSA) is 55.1 Å². The van der Waals surface area contributed by atoms with E-state index in [4.69, 9.17) is 5.73 Å². The first kappa shape index (κ1) is 12.4. The van der Waals surface area contributed by atoms with E-state index in [1.807, 2.05) is 34.6 Å². The van der Waals surface area contributed by atoms with Crippen LogP contribution in [0.25, 0.3) is 0 Å². The third kappa shape index (κ3) is 4.27. The van der Waals surface area contributed by atoms with Crippen LogP contribution >= 0.6 is 0 Å². The summed E-state index contributed by atoms with van der Waals surface area (Å²) < 4.78 is 0. The molecule has 13 heavy (non-hydrogen) atoms. The standard InChI is InChI=1S/C10H22N2O/c1-6-10(4,5)12-9(13)8(11)7(2)3/h7-8H,6,11H2,1-5H3,(H,12,13). The minimum absolute atomic E-state index is 0.0538. The van der Waals surface area contributed by atoms with Crippen molar-refractivity contribution in [2.75, 3.05) is 0 Å². The van der Waals surface area contributed by atoms with Crippen molar-refractivity contribution < 1.29 is 4.79 Å². The fourth-order valence-corrected chi connectivity index (χ4v) is 0.808. The second kappa shape index (κ2) is 4.61. The molecule has 0 fully saturated rings. The molecule has 1 unspecified atom stereocenters. The summed E-state index contributed by atoms with van der Waals surface area (Å²) in [6.07, 6.45) is 0.906. The average molecular weight is 186 g/mol. The van der Waals surface area contributed by atoms with Crippen LogP contribution in [-0.4, -0.2) is 17.5 Å². The third-order valence-corrected chi connectivity index (χ3v) is 2.37. The molecule has 0 bridgehead atoms. The average Bonchev–Trinajstić information content (AvgIpc) is 2.02. The number of carbonyl (C=O) groups is 1. The summed E-state index contributed by atoms with van der Waals surface area (Å²) in [7, 11) is 0. The normalized spacial score (nSPS) is 14.4. The molecule has 0 aliphatic rings. The first-order chi connectivity index (χ1) is 5.80. The van der Waals surface area contributed by atoms with Gasteiger partial charge >= 0.3 is 0 Å². The highest BCUT2D eigenvalue weighted by atomic mass is 16.2. The molecule has 0 aromatic rings. The van der Waals surface area contributed by atoms with Gasteiger partial charge in [0.2, 0.25) is 5.91 Å². The lowest BCUT2D eigenvalue weighted by Gasteiger charge is -2.27. The molecule has 0 spiro atoms. The van der Waals surface area contributed by atoms with Crippen molar-refractivity contribution in [2.45, 2.75) is 52.6 Å². The largest absolute Gasteiger partial charge is 0.350 e. The van der Waals surface area contributed by atoms with E-state index in [0.717, 1.165) is 6.42 Å². The zero-order chi connectivity index (χ0) is 10.6. The molecule has 3 N–H and O–H groups in total. The summed E-state index contributed by atoms with van der Waals surface area (Å²) in [5.41, 5.74) is 5.56. The monoisotopic (exact) mass is 186 g/mol. The first-order valence-corrected chi connectivity index (χ1v) is 4.87. The van der Waals surface area contributed by atoms with Gasteiger partial charge in [-0.1, -0.05) is 20.8 Å². The van der Waals surface area contributed by atoms with Gasteiger partial charge in [0, 0.05) is 5.54 Å². The van der Waals surface area contributed by atoms with Gasteiger partial charge in [-0.25, -0.2) is 0 Å². The molecular weight excluding hydrogens is 164 g/mol. The second-order valence-corrected chi connectivity index (χ2v) is 4.50. The van der Waals surface area contributed by atoms with E-state index >= 15 is 0 Å². The van der Waals surface area contributed by atoms with Gasteiger partial charge in [-0.3, -0.25) is 4.79 Å². The van der Waals surface area contributed by atoms with Gasteiger partial charge in [0.1, 0.15) is 0 Å². The van der Waals surface area contributed by atoms with Gasteiger partial charge in [-0.15, -0.1) is 0 Å². The molecule has 0 heterocycles. The molecule has 3 nitrogen and oxygen atoms in total. The fraction of sp³-hybridized carbons (Fsp3) is 0.900. The SMILES string of the molecule is CCC(C)(C)NC(=O)C(N)C(C)C. The number of nitrogens with one attached hydrogen (secondary N) is 1. The number of hydrogen-bond donors (Lipinski definition) is 2. The summed E-state index contributed by atoms with van der Waals surface area (Å²) >= 11 is 0. The maximum Gasteiger partial charge on any atom is 0.237 e. The number of amides is 1. The van der Waals surface area contributed by atoms with Crippen LogP contribution in [0.5, 0.6) is 0 Å². The predicted octanol–water partition coefficient (Wildman–Crippen LogP) is 1.27. The molecule has 0 radical (unpaired) electrons. The number of rotatable bonds is 4. The molecule has 1 atom stereocenters. The summed E-state index contributed by atoms with van der Waals surface area (Å²) in [4.78, 5) is 11.5. The number of hydrogen-bond acceptors (Lipinski definition) is 2. The van der Waals surface area contributed by atoms with Crippen LogP contribution in [0.15, 0.2) is 0 Å². The van der Waals surface area contributed by atoms with Gasteiger partial charge in [0.25, 0.3) is 0 Å². The van der Waals surface area contributed by atoms with Gasteiger partial charge in [-0.05, 0) is 26.2 Å². The Morgan fingerprint density at radius 1 is 1.46 bits per heavy atom. The van der Waals surface area contributed by atoms with E-state index in [0.29, 0.717) is 0 Å². The van der Waals surface area contributed by atoms with Crippen LogP contribution in [0.4, 0.5) is 0 Å². The lowest BCUT2D eigenvalue weighted by Crippen LogP contribution is -2.51. The van der Waals surface area contributed by atoms with Gasteiger partial charge in [-0.2, -0.15) is 0 Å². The summed E-state index contributed by atoms with van der Waals surface area (Å²) in [5, 5.41) is 2.92. The number of nitrogens with two attached hydrogens (primary N) is 1. The molecule has 0 saturated carbocycles. The maximum absolute atomic E-state index is 11.5. The smallest absolute Gasteiger partial charge is 0.237 e. The molecule has 0 aromatic carbocycles. The first-order valence-electron chi connectivity index (χ1n) is 4.87. The molecule has 0 rings (SSSR count). The van der Waals surface area contributed by atoms with Crippen molar-refractivity contribution in [3.63, 3.8) is 0 Å². The van der Waals surface area contributed by atoms with Crippen LogP contribution in [0.3, 0.4) is 0 Å². The summed E-state index contributed by atoms with van der Waals surface area (Å²) in [6, 6.07) is -0.397. The highest BCUT2D eigenvalue weighted by Crippen LogP contribution is 2.08. The van der Waals surface area contributed by atoms with E-state index in [1.54, 1.807) is 0 Å². The highest BCUT2D eigenvalue weighted by molar-refractivity contribution is 5.82. The van der Waals surface area contributed by atoms with Gasteiger partial charge in [0.15, 0.2) is 0 Å². The molecule has 0 aliphatic carbocycles. The summed E-state index contributed by atoms with van der Waals surface area (Å²) in [5.74, 6) is 0.134. The van der Waals surface area contributed by atoms with Crippen molar-refractivity contribution >= 4 is 5.91 Å². The molecule has 0 aromatic heterocycles. The van der Waals surface area contributed by atoms with Gasteiger partial charge in [0.05, 0.1) is 6.04 Å². The Balaban J connectivity index is 4.15. The Bertz CT molecular complexity index is 176. The fourth-order valence-electron chi connectivity index (χ4n) is 0.808. The Labute approximate surface area is 81.1 Å². The Hall–Kier alpha value is -0.570. The van der Waals surface area contributed by atoms with Crippen molar-refractivity contribution in [1.82, 2.24) is 5.32 Å². The second-order valence-electron chi connectivity index (χ2n) is 4.50. The van der Waals surface area contributed by atoms with Crippen LogP contribution in [0.1, 0.15) is 41.0 Å². The minimum Gasteiger partial charge on any atom is -0.350 e. The molecule has 0 aliphatic heterocycles. The van der Waals surface area contributed by atoms with Crippen molar-refractivity contribution in [1.29, 1.82) is 0 Å². The van der Waals surface area contributed by atoms with Crippen LogP contribution in [-0.2, 0) is 4.79 Å². The van der Waals surface area contributed by atoms with E-state index in [-0.39, 0.29) is 17.4 Å². The Kier molecular flexibility index (Phi) is 4.40. The van der Waals surface area contributed by atoms with E-state index < -0.39 is 6.04 Å². The molecule has 78 valence electrons. The molecule has 1 amide bonds. The van der Waals surface area contributed by atoms with Crippen molar-refractivity contribution in [3.8, 4) is 0 Å². The Morgan fingerprint density at radius 2 is 1.92 bits per heavy atom. The quantitative estimate of drug-likeness (QED) is 0.694. The minimum atomic E-state index is -0.397. The Morgan fingerprint density at radius 3 is 2.23 bits per heavy atom. The summed E-state index contributed by atoms with van der Waals surface area (Å²) in [6.45, 7) is 9.93. The molecule has 3 heteroatoms. The van der Waals surface area contributed by atoms with Crippen molar-refractivity contribution in [2.24, 2.45) is 11.7 Å². The zero-order valence-electron chi connectivity index (χ0n) is 9.35. The lowest BCUT2D eigenvalue weighted by molar-refractivity contribution is -0.124. The van der Waals surface area contributed by atoms with E-state index in [9.17, 15) is 4.79 Å². The van der Waals surface area contributed by atoms with Crippen LogP contribution in [0.2, 0.25) is 0 Å². The number of carbonyl (C=O) groups excluding carboxylic acids is 1. The lowest BCUT2D eigenvalue weighted by atomic mass is 9.99. The van der Waals surface area contributed by atoms with Gasteiger partial charge < -0.3 is 11.1 Å². The van der Waals surface area contributed by atoms with Crippen molar-refractivity contribution in [3.05, 3.63) is 0 Å². The van der Waals surface area contributed by atoms with Crippen LogP contribution in [0, 0.1) is 5.92 Å².